The smallest absolute Gasteiger partial charge is 0.468 e. The first-order valence-electron chi connectivity index (χ1n) is 3.75. The van der Waals surface area contributed by atoms with Gasteiger partial charge in [0.1, 0.15) is 6.54 Å². The first-order valence-corrected chi connectivity index (χ1v) is 3.75. The largest absolute Gasteiger partial charge is 0.471 e. The van der Waals surface area contributed by atoms with Gasteiger partial charge in [0, 0.05) is 6.54 Å². The number of halogens is 3. The van der Waals surface area contributed by atoms with Crippen molar-refractivity contribution in [2.75, 3.05) is 20.2 Å². The Labute approximate surface area is 78.6 Å². The van der Waals surface area contributed by atoms with Gasteiger partial charge in [-0.1, -0.05) is 0 Å². The molecule has 0 fully saturated rings. The van der Waals surface area contributed by atoms with Gasteiger partial charge >= 0.3 is 18.1 Å². The van der Waals surface area contributed by atoms with Gasteiger partial charge in [-0.25, -0.2) is 0 Å². The number of hydrogen-bond acceptors (Lipinski definition) is 3. The first kappa shape index (κ1) is 12.7. The van der Waals surface area contributed by atoms with Crippen molar-refractivity contribution in [1.82, 2.24) is 4.90 Å². The third-order valence-corrected chi connectivity index (χ3v) is 1.46. The fourth-order valence-corrected chi connectivity index (χ4v) is 0.727. The van der Waals surface area contributed by atoms with Crippen molar-refractivity contribution >= 4 is 11.9 Å². The van der Waals surface area contributed by atoms with Gasteiger partial charge < -0.3 is 9.64 Å². The summed E-state index contributed by atoms with van der Waals surface area (Å²) in [5, 5.41) is 0. The van der Waals surface area contributed by atoms with E-state index in [1.807, 2.05) is 0 Å². The molecule has 0 aliphatic carbocycles. The van der Waals surface area contributed by atoms with Crippen molar-refractivity contribution in [3.63, 3.8) is 0 Å². The molecule has 0 N–H and O–H groups in total. The van der Waals surface area contributed by atoms with Crippen molar-refractivity contribution in [3.05, 3.63) is 0 Å². The van der Waals surface area contributed by atoms with E-state index in [1.165, 1.54) is 6.92 Å². The van der Waals surface area contributed by atoms with E-state index in [4.69, 9.17) is 0 Å². The number of nitrogens with zero attached hydrogens (tertiary/aromatic N) is 1. The van der Waals surface area contributed by atoms with Crippen LogP contribution >= 0.6 is 0 Å². The summed E-state index contributed by atoms with van der Waals surface area (Å²) >= 11 is 0. The molecule has 0 unspecified atom stereocenters. The zero-order valence-electron chi connectivity index (χ0n) is 7.72. The highest BCUT2D eigenvalue weighted by Gasteiger charge is 2.42. The number of ether oxygens (including phenoxy) is 1. The van der Waals surface area contributed by atoms with Gasteiger partial charge in [0.2, 0.25) is 0 Å². The quantitative estimate of drug-likeness (QED) is 0.644. The SMILES string of the molecule is CCN(CC(=O)OC)C(=O)C(F)(F)F. The van der Waals surface area contributed by atoms with Crippen molar-refractivity contribution in [3.8, 4) is 0 Å². The summed E-state index contributed by atoms with van der Waals surface area (Å²) in [5.41, 5.74) is 0. The fourth-order valence-electron chi connectivity index (χ4n) is 0.727. The van der Waals surface area contributed by atoms with Crippen molar-refractivity contribution < 1.29 is 27.5 Å². The van der Waals surface area contributed by atoms with Crippen LogP contribution < -0.4 is 0 Å². The molecule has 82 valence electrons. The van der Waals surface area contributed by atoms with Crippen LogP contribution in [0, 0.1) is 0 Å². The normalized spacial score (nSPS) is 10.9. The molecular weight excluding hydrogens is 203 g/mol. The summed E-state index contributed by atoms with van der Waals surface area (Å²) < 4.78 is 39.8. The van der Waals surface area contributed by atoms with E-state index in [9.17, 15) is 22.8 Å². The van der Waals surface area contributed by atoms with Crippen LogP contribution in [0.4, 0.5) is 13.2 Å². The maximum Gasteiger partial charge on any atom is 0.471 e. The Morgan fingerprint density at radius 2 is 1.86 bits per heavy atom. The molecular formula is C7H10F3NO3. The minimum Gasteiger partial charge on any atom is -0.468 e. The van der Waals surface area contributed by atoms with E-state index in [0.717, 1.165) is 7.11 Å². The van der Waals surface area contributed by atoms with Gasteiger partial charge in [-0.05, 0) is 6.92 Å². The van der Waals surface area contributed by atoms with Crippen molar-refractivity contribution in [2.45, 2.75) is 13.1 Å². The summed E-state index contributed by atoms with van der Waals surface area (Å²) in [5.74, 6) is -2.92. The molecule has 0 radical (unpaired) electrons. The zero-order chi connectivity index (χ0) is 11.4. The number of carbonyl (C=O) groups excluding carboxylic acids is 2. The molecule has 0 aromatic heterocycles. The Kier molecular flexibility index (Phi) is 4.39. The van der Waals surface area contributed by atoms with Gasteiger partial charge in [-0.3, -0.25) is 9.59 Å². The van der Waals surface area contributed by atoms with Crippen LogP contribution in [-0.4, -0.2) is 43.2 Å². The minimum atomic E-state index is -4.95. The average molecular weight is 213 g/mol. The predicted octanol–water partition coefficient (Wildman–Crippen LogP) is 0.570. The number of hydrogen-bond donors (Lipinski definition) is 0. The number of alkyl halides is 3. The van der Waals surface area contributed by atoms with Gasteiger partial charge in [0.05, 0.1) is 7.11 Å². The third kappa shape index (κ3) is 3.63. The molecule has 0 rings (SSSR count). The molecule has 14 heavy (non-hydrogen) atoms. The second-order valence-electron chi connectivity index (χ2n) is 2.39. The highest BCUT2D eigenvalue weighted by Crippen LogP contribution is 2.18. The monoisotopic (exact) mass is 213 g/mol. The molecule has 0 aliphatic heterocycles. The van der Waals surface area contributed by atoms with E-state index in [-0.39, 0.29) is 6.54 Å². The van der Waals surface area contributed by atoms with E-state index in [0.29, 0.717) is 4.90 Å². The molecule has 0 heterocycles. The van der Waals surface area contributed by atoms with E-state index in [2.05, 4.69) is 4.74 Å². The first-order chi connectivity index (χ1) is 6.32. The van der Waals surface area contributed by atoms with Crippen LogP contribution in [0.25, 0.3) is 0 Å². The number of carbonyl (C=O) groups is 2. The highest BCUT2D eigenvalue weighted by molar-refractivity contribution is 5.85. The van der Waals surface area contributed by atoms with Crippen LogP contribution in [0.5, 0.6) is 0 Å². The molecule has 4 nitrogen and oxygen atoms in total. The van der Waals surface area contributed by atoms with Crippen molar-refractivity contribution in [1.29, 1.82) is 0 Å². The summed E-state index contributed by atoms with van der Waals surface area (Å²) in [6.45, 7) is 0.450. The van der Waals surface area contributed by atoms with E-state index < -0.39 is 24.6 Å². The van der Waals surface area contributed by atoms with Crippen LogP contribution in [0.15, 0.2) is 0 Å². The molecule has 0 saturated heterocycles. The lowest BCUT2D eigenvalue weighted by Crippen LogP contribution is -2.43. The molecule has 0 spiro atoms. The van der Waals surface area contributed by atoms with E-state index >= 15 is 0 Å². The Bertz CT molecular complexity index is 227. The van der Waals surface area contributed by atoms with Crippen LogP contribution in [0.2, 0.25) is 0 Å². The Balaban J connectivity index is 4.42. The molecule has 0 aromatic rings. The second-order valence-corrected chi connectivity index (χ2v) is 2.39. The molecule has 0 bridgehead atoms. The number of rotatable bonds is 3. The summed E-state index contributed by atoms with van der Waals surface area (Å²) in [4.78, 5) is 21.6. The molecule has 0 atom stereocenters. The Hall–Kier alpha value is -1.27. The highest BCUT2D eigenvalue weighted by atomic mass is 19.4. The summed E-state index contributed by atoms with van der Waals surface area (Å²) in [6, 6.07) is 0. The van der Waals surface area contributed by atoms with Crippen LogP contribution in [0.1, 0.15) is 6.92 Å². The molecule has 0 saturated carbocycles. The number of likely N-dealkylation sites (N-methyl/N-ethyl adjacent to an activating group) is 1. The van der Waals surface area contributed by atoms with E-state index in [1.54, 1.807) is 0 Å². The third-order valence-electron chi connectivity index (χ3n) is 1.46. The number of methoxy groups -OCH3 is 1. The lowest BCUT2D eigenvalue weighted by atomic mass is 10.4. The molecule has 7 heteroatoms. The molecule has 1 amide bonds. The zero-order valence-corrected chi connectivity index (χ0v) is 7.72. The Morgan fingerprint density at radius 1 is 1.36 bits per heavy atom. The van der Waals surface area contributed by atoms with Crippen molar-refractivity contribution in [2.24, 2.45) is 0 Å². The minimum absolute atomic E-state index is 0.201. The summed E-state index contributed by atoms with van der Waals surface area (Å²) in [6.07, 6.45) is -4.95. The standard InChI is InChI=1S/C7H10F3NO3/c1-3-11(4-5(12)14-2)6(13)7(8,9)10/h3-4H2,1-2H3. The van der Waals surface area contributed by atoms with Gasteiger partial charge in [0.15, 0.2) is 0 Å². The maximum absolute atomic E-state index is 11.9. The topological polar surface area (TPSA) is 46.6 Å². The van der Waals surface area contributed by atoms with Gasteiger partial charge in [-0.2, -0.15) is 13.2 Å². The van der Waals surface area contributed by atoms with Gasteiger partial charge in [0.25, 0.3) is 0 Å². The maximum atomic E-state index is 11.9. The fraction of sp³-hybridized carbons (Fsp3) is 0.714. The Morgan fingerprint density at radius 3 is 2.14 bits per heavy atom. The molecule has 0 aromatic carbocycles. The second kappa shape index (κ2) is 4.83. The lowest BCUT2D eigenvalue weighted by Gasteiger charge is -2.20. The number of amides is 1. The average Bonchev–Trinajstić information content (AvgIpc) is 2.11. The van der Waals surface area contributed by atoms with Gasteiger partial charge in [-0.15, -0.1) is 0 Å². The number of esters is 1. The lowest BCUT2D eigenvalue weighted by molar-refractivity contribution is -0.186. The van der Waals surface area contributed by atoms with Crippen LogP contribution in [-0.2, 0) is 14.3 Å². The summed E-state index contributed by atoms with van der Waals surface area (Å²) in [7, 11) is 1.04. The van der Waals surface area contributed by atoms with Crippen LogP contribution in [0.3, 0.4) is 0 Å². The molecule has 0 aliphatic rings. The predicted molar refractivity (Wildman–Crippen MR) is 40.3 cm³/mol.